The van der Waals surface area contributed by atoms with Gasteiger partial charge in [0.15, 0.2) is 11.5 Å². The first-order valence-corrected chi connectivity index (χ1v) is 7.82. The van der Waals surface area contributed by atoms with Gasteiger partial charge >= 0.3 is 0 Å². The van der Waals surface area contributed by atoms with Gasteiger partial charge in [-0.25, -0.2) is 0 Å². The van der Waals surface area contributed by atoms with Gasteiger partial charge in [0.05, 0.1) is 19.2 Å². The Balaban J connectivity index is 2.18. The third-order valence-electron chi connectivity index (χ3n) is 4.38. The quantitative estimate of drug-likeness (QED) is 0.908. The molecule has 2 rings (SSSR count). The molecule has 0 bridgehead atoms. The molecular weight excluding hydrogens is 288 g/mol. The van der Waals surface area contributed by atoms with Gasteiger partial charge in [0, 0.05) is 19.1 Å². The van der Waals surface area contributed by atoms with E-state index in [2.05, 4.69) is 11.8 Å². The van der Waals surface area contributed by atoms with Crippen molar-refractivity contribution in [2.75, 3.05) is 27.3 Å². The molecule has 0 aliphatic carbocycles. The Morgan fingerprint density at radius 2 is 2.05 bits per heavy atom. The van der Waals surface area contributed by atoms with Crippen molar-refractivity contribution in [2.45, 2.75) is 32.4 Å². The summed E-state index contributed by atoms with van der Waals surface area (Å²) in [5, 5.41) is 0.638. The zero-order valence-electron chi connectivity index (χ0n) is 13.1. The van der Waals surface area contributed by atoms with E-state index < -0.39 is 0 Å². The molecular formula is C16H25ClN2O2. The number of hydrogen-bond acceptors (Lipinski definition) is 4. The van der Waals surface area contributed by atoms with Crippen molar-refractivity contribution in [3.8, 4) is 11.5 Å². The molecule has 4 nitrogen and oxygen atoms in total. The lowest BCUT2D eigenvalue weighted by Gasteiger charge is -2.37. The Kier molecular flexibility index (Phi) is 5.73. The van der Waals surface area contributed by atoms with Crippen LogP contribution in [-0.4, -0.2) is 38.3 Å². The smallest absolute Gasteiger partial charge is 0.179 e. The van der Waals surface area contributed by atoms with Crippen LogP contribution in [0.25, 0.3) is 0 Å². The highest BCUT2D eigenvalue weighted by molar-refractivity contribution is 6.33. The predicted molar refractivity (Wildman–Crippen MR) is 86.2 cm³/mol. The summed E-state index contributed by atoms with van der Waals surface area (Å²) in [6.45, 7) is 4.86. The lowest BCUT2D eigenvalue weighted by Crippen LogP contribution is -2.43. The Bertz CT molecular complexity index is 482. The summed E-state index contributed by atoms with van der Waals surface area (Å²) in [5.74, 6) is 1.86. The standard InChI is InChI=1S/C16H25ClN2O2/c1-11-4-5-12(8-18)9-19(11)10-13-6-7-14(20-2)16(21-3)15(13)17/h6-7,11-12H,4-5,8-10,18H2,1-3H3. The van der Waals surface area contributed by atoms with Gasteiger partial charge in [-0.2, -0.15) is 0 Å². The molecule has 0 amide bonds. The van der Waals surface area contributed by atoms with Crippen LogP contribution >= 0.6 is 11.6 Å². The Morgan fingerprint density at radius 3 is 2.67 bits per heavy atom. The molecule has 0 aromatic heterocycles. The maximum absolute atomic E-state index is 6.47. The number of benzene rings is 1. The van der Waals surface area contributed by atoms with E-state index in [1.165, 1.54) is 12.8 Å². The van der Waals surface area contributed by atoms with E-state index in [9.17, 15) is 0 Å². The summed E-state index contributed by atoms with van der Waals surface area (Å²) in [5.41, 5.74) is 6.90. The zero-order chi connectivity index (χ0) is 15.4. The SMILES string of the molecule is COc1ccc(CN2CC(CN)CCC2C)c(Cl)c1OC. The van der Waals surface area contributed by atoms with Crippen molar-refractivity contribution in [1.29, 1.82) is 0 Å². The average molecular weight is 313 g/mol. The lowest BCUT2D eigenvalue weighted by molar-refractivity contribution is 0.113. The van der Waals surface area contributed by atoms with Crippen LogP contribution in [0.2, 0.25) is 5.02 Å². The fraction of sp³-hybridized carbons (Fsp3) is 0.625. The zero-order valence-corrected chi connectivity index (χ0v) is 13.8. The van der Waals surface area contributed by atoms with Crippen molar-refractivity contribution in [2.24, 2.45) is 11.7 Å². The van der Waals surface area contributed by atoms with Gasteiger partial charge in [-0.1, -0.05) is 17.7 Å². The second-order valence-electron chi connectivity index (χ2n) is 5.73. The number of piperidine rings is 1. The summed E-state index contributed by atoms with van der Waals surface area (Å²) in [7, 11) is 3.23. The van der Waals surface area contributed by atoms with E-state index >= 15 is 0 Å². The molecule has 118 valence electrons. The van der Waals surface area contributed by atoms with Gasteiger partial charge in [-0.3, -0.25) is 4.90 Å². The largest absolute Gasteiger partial charge is 0.493 e. The van der Waals surface area contributed by atoms with Crippen LogP contribution in [0.3, 0.4) is 0 Å². The van der Waals surface area contributed by atoms with Gasteiger partial charge in [-0.05, 0) is 43.9 Å². The highest BCUT2D eigenvalue weighted by Crippen LogP contribution is 2.38. The Hall–Kier alpha value is -0.970. The lowest BCUT2D eigenvalue weighted by atomic mass is 9.93. The van der Waals surface area contributed by atoms with Crippen molar-refractivity contribution >= 4 is 11.6 Å². The number of nitrogens with zero attached hydrogens (tertiary/aromatic N) is 1. The summed E-state index contributed by atoms with van der Waals surface area (Å²) < 4.78 is 10.6. The Morgan fingerprint density at radius 1 is 1.29 bits per heavy atom. The molecule has 1 aromatic carbocycles. The van der Waals surface area contributed by atoms with Gasteiger partial charge < -0.3 is 15.2 Å². The third kappa shape index (κ3) is 3.62. The van der Waals surface area contributed by atoms with Crippen LogP contribution in [0.4, 0.5) is 0 Å². The van der Waals surface area contributed by atoms with Crippen LogP contribution in [-0.2, 0) is 6.54 Å². The number of hydrogen-bond donors (Lipinski definition) is 1. The molecule has 1 fully saturated rings. The third-order valence-corrected chi connectivity index (χ3v) is 4.79. The van der Waals surface area contributed by atoms with E-state index in [-0.39, 0.29) is 0 Å². The molecule has 1 aliphatic rings. The highest BCUT2D eigenvalue weighted by Gasteiger charge is 2.25. The van der Waals surface area contributed by atoms with Crippen LogP contribution in [0.1, 0.15) is 25.3 Å². The van der Waals surface area contributed by atoms with Gasteiger partial charge in [0.2, 0.25) is 0 Å². The molecule has 2 unspecified atom stereocenters. The molecule has 2 N–H and O–H groups in total. The minimum Gasteiger partial charge on any atom is -0.493 e. The highest BCUT2D eigenvalue weighted by atomic mass is 35.5. The fourth-order valence-corrected chi connectivity index (χ4v) is 3.24. The molecule has 1 saturated heterocycles. The van der Waals surface area contributed by atoms with Gasteiger partial charge in [-0.15, -0.1) is 0 Å². The molecule has 0 saturated carbocycles. The number of halogens is 1. The Labute approximate surface area is 132 Å². The summed E-state index contributed by atoms with van der Waals surface area (Å²) in [6, 6.07) is 4.48. The number of ether oxygens (including phenoxy) is 2. The van der Waals surface area contributed by atoms with Crippen LogP contribution < -0.4 is 15.2 Å². The van der Waals surface area contributed by atoms with E-state index in [0.29, 0.717) is 28.5 Å². The van der Waals surface area contributed by atoms with Gasteiger partial charge in [0.25, 0.3) is 0 Å². The van der Waals surface area contributed by atoms with E-state index in [4.69, 9.17) is 26.8 Å². The average Bonchev–Trinajstić information content (AvgIpc) is 2.50. The molecule has 1 aromatic rings. The summed E-state index contributed by atoms with van der Waals surface area (Å²) in [4.78, 5) is 2.45. The topological polar surface area (TPSA) is 47.7 Å². The molecule has 0 spiro atoms. The van der Waals surface area contributed by atoms with Crippen LogP contribution in [0.5, 0.6) is 11.5 Å². The first kappa shape index (κ1) is 16.4. The number of rotatable bonds is 5. The van der Waals surface area contributed by atoms with Crippen LogP contribution in [0, 0.1) is 5.92 Å². The van der Waals surface area contributed by atoms with E-state index in [0.717, 1.165) is 25.2 Å². The van der Waals surface area contributed by atoms with Crippen LogP contribution in [0.15, 0.2) is 12.1 Å². The first-order valence-electron chi connectivity index (χ1n) is 7.44. The monoisotopic (exact) mass is 312 g/mol. The number of methoxy groups -OCH3 is 2. The normalized spacial score (nSPS) is 23.1. The second kappa shape index (κ2) is 7.34. The van der Waals surface area contributed by atoms with E-state index in [1.807, 2.05) is 12.1 Å². The van der Waals surface area contributed by atoms with E-state index in [1.54, 1.807) is 14.2 Å². The predicted octanol–water partition coefficient (Wildman–Crippen LogP) is 2.92. The molecule has 21 heavy (non-hydrogen) atoms. The molecule has 1 heterocycles. The number of likely N-dealkylation sites (tertiary alicyclic amines) is 1. The maximum atomic E-state index is 6.47. The second-order valence-corrected chi connectivity index (χ2v) is 6.11. The summed E-state index contributed by atoms with van der Waals surface area (Å²) in [6.07, 6.45) is 2.40. The van der Waals surface area contributed by atoms with Crippen molar-refractivity contribution in [3.63, 3.8) is 0 Å². The van der Waals surface area contributed by atoms with Crippen molar-refractivity contribution in [1.82, 2.24) is 4.90 Å². The molecule has 1 aliphatic heterocycles. The van der Waals surface area contributed by atoms with Crippen molar-refractivity contribution in [3.05, 3.63) is 22.7 Å². The van der Waals surface area contributed by atoms with Gasteiger partial charge in [0.1, 0.15) is 0 Å². The number of nitrogens with two attached hydrogens (primary N) is 1. The molecule has 0 radical (unpaired) electrons. The first-order chi connectivity index (χ1) is 10.1. The molecule has 5 heteroatoms. The summed E-state index contributed by atoms with van der Waals surface area (Å²) >= 11 is 6.47. The minimum atomic E-state index is 0.553. The maximum Gasteiger partial charge on any atom is 0.179 e. The minimum absolute atomic E-state index is 0.553. The molecule has 2 atom stereocenters. The van der Waals surface area contributed by atoms with Crippen molar-refractivity contribution < 1.29 is 9.47 Å². The fourth-order valence-electron chi connectivity index (χ4n) is 2.95.